The molecule has 179 valence electrons. The molecule has 3 radical (unpaired) electrons. The number of carbonyl (C=O) groups is 2. The average Bonchev–Trinajstić information content (AvgIpc) is 3.42. The van der Waals surface area contributed by atoms with Crippen LogP contribution in [0.1, 0.15) is 53.1 Å². The summed E-state index contributed by atoms with van der Waals surface area (Å²) in [7, 11) is 2.99. The highest BCUT2D eigenvalue weighted by Gasteiger charge is 2.34. The quantitative estimate of drug-likeness (QED) is 0.482. The highest BCUT2D eigenvalue weighted by Crippen LogP contribution is 2.37. The lowest BCUT2D eigenvalue weighted by atomic mass is 9.91. The molecule has 0 spiro atoms. The number of fused-ring (bicyclic) bond motifs is 1. The standard InChI is InChI=1S/C24H24F4N3O2Si/c25-17-9-20(28)22(34)8-16(17)24(33)30-11-13-2-1-5-31(13)23(32)10-21(29)14-4-3-12-6-18(26)19(27)7-15(12)14/h6-9,13-14,21H,1-5,10-11,29H2,(H,30,33). The monoisotopic (exact) mass is 490 g/mol. The summed E-state index contributed by atoms with van der Waals surface area (Å²) in [6.07, 6.45) is 2.63. The van der Waals surface area contributed by atoms with Gasteiger partial charge in [0.25, 0.3) is 5.91 Å². The van der Waals surface area contributed by atoms with E-state index in [-0.39, 0.29) is 41.6 Å². The zero-order chi connectivity index (χ0) is 24.6. The highest BCUT2D eigenvalue weighted by molar-refractivity contribution is 6.32. The minimum atomic E-state index is -0.976. The molecule has 2 aromatic rings. The highest BCUT2D eigenvalue weighted by atomic mass is 28.1. The second-order valence-electron chi connectivity index (χ2n) is 8.88. The number of nitrogens with zero attached hydrogens (tertiary/aromatic N) is 1. The van der Waals surface area contributed by atoms with Crippen molar-refractivity contribution in [3.05, 3.63) is 64.2 Å². The zero-order valence-corrected chi connectivity index (χ0v) is 19.3. The fraction of sp³-hybridized carbons (Fsp3) is 0.417. The first kappa shape index (κ1) is 24.4. The topological polar surface area (TPSA) is 75.4 Å². The van der Waals surface area contributed by atoms with Gasteiger partial charge in [0.05, 0.1) is 15.8 Å². The summed E-state index contributed by atoms with van der Waals surface area (Å²) in [5, 5.41) is 2.59. The van der Waals surface area contributed by atoms with Crippen LogP contribution in [-0.2, 0) is 11.2 Å². The number of hydrogen-bond acceptors (Lipinski definition) is 3. The summed E-state index contributed by atoms with van der Waals surface area (Å²) in [5.41, 5.74) is 7.39. The molecule has 1 aliphatic carbocycles. The van der Waals surface area contributed by atoms with Gasteiger partial charge >= 0.3 is 0 Å². The molecule has 0 bridgehead atoms. The zero-order valence-electron chi connectivity index (χ0n) is 18.3. The number of rotatable bonds is 6. The van der Waals surface area contributed by atoms with Gasteiger partial charge < -0.3 is 16.0 Å². The van der Waals surface area contributed by atoms with E-state index in [0.29, 0.717) is 43.0 Å². The van der Waals surface area contributed by atoms with Crippen molar-refractivity contribution >= 4 is 27.2 Å². The van der Waals surface area contributed by atoms with Crippen LogP contribution in [0.3, 0.4) is 0 Å². The van der Waals surface area contributed by atoms with Gasteiger partial charge in [-0.25, -0.2) is 17.6 Å². The van der Waals surface area contributed by atoms with E-state index in [4.69, 9.17) is 5.73 Å². The smallest absolute Gasteiger partial charge is 0.254 e. The Morgan fingerprint density at radius 1 is 1.06 bits per heavy atom. The normalized spacial score (nSPS) is 20.4. The Morgan fingerprint density at radius 3 is 2.56 bits per heavy atom. The number of hydrogen-bond donors (Lipinski definition) is 2. The first-order valence-electron chi connectivity index (χ1n) is 11.2. The number of aryl methyl sites for hydroxylation is 1. The van der Waals surface area contributed by atoms with Crippen LogP contribution in [0.5, 0.6) is 0 Å². The van der Waals surface area contributed by atoms with Gasteiger partial charge in [-0.05, 0) is 60.2 Å². The van der Waals surface area contributed by atoms with Crippen molar-refractivity contribution in [3.63, 3.8) is 0 Å². The van der Waals surface area contributed by atoms with E-state index in [1.165, 1.54) is 12.1 Å². The fourth-order valence-electron chi connectivity index (χ4n) is 4.94. The Bertz CT molecular complexity index is 1130. The number of halogens is 4. The van der Waals surface area contributed by atoms with Gasteiger partial charge in [0, 0.05) is 43.6 Å². The van der Waals surface area contributed by atoms with Crippen LogP contribution in [0.4, 0.5) is 17.6 Å². The molecule has 2 aromatic carbocycles. The van der Waals surface area contributed by atoms with Gasteiger partial charge in [0.1, 0.15) is 11.6 Å². The summed E-state index contributed by atoms with van der Waals surface area (Å²) < 4.78 is 54.7. The first-order chi connectivity index (χ1) is 16.2. The van der Waals surface area contributed by atoms with Crippen molar-refractivity contribution in [1.82, 2.24) is 10.2 Å². The molecular formula is C24H24F4N3O2Si. The summed E-state index contributed by atoms with van der Waals surface area (Å²) >= 11 is 0. The molecule has 3 unspecified atom stereocenters. The second-order valence-corrected chi connectivity index (χ2v) is 9.42. The number of amides is 2. The average molecular weight is 491 g/mol. The van der Waals surface area contributed by atoms with E-state index in [1.807, 2.05) is 0 Å². The molecule has 3 atom stereocenters. The third kappa shape index (κ3) is 4.88. The van der Waals surface area contributed by atoms with Crippen LogP contribution in [0.25, 0.3) is 0 Å². The molecule has 1 heterocycles. The van der Waals surface area contributed by atoms with Crippen molar-refractivity contribution in [2.24, 2.45) is 5.73 Å². The number of likely N-dealkylation sites (tertiary alicyclic amines) is 1. The molecule has 34 heavy (non-hydrogen) atoms. The molecule has 10 heteroatoms. The van der Waals surface area contributed by atoms with E-state index in [0.717, 1.165) is 12.5 Å². The maximum Gasteiger partial charge on any atom is 0.254 e. The largest absolute Gasteiger partial charge is 0.350 e. The van der Waals surface area contributed by atoms with Gasteiger partial charge in [-0.15, -0.1) is 0 Å². The minimum Gasteiger partial charge on any atom is -0.350 e. The number of nitrogens with one attached hydrogen (secondary N) is 1. The molecule has 2 amide bonds. The summed E-state index contributed by atoms with van der Waals surface area (Å²) in [6, 6.07) is 3.24. The first-order valence-corrected chi connectivity index (χ1v) is 11.7. The van der Waals surface area contributed by atoms with Crippen LogP contribution in [0, 0.1) is 23.3 Å². The molecule has 1 fully saturated rings. The van der Waals surface area contributed by atoms with Crippen LogP contribution in [0.2, 0.25) is 0 Å². The van der Waals surface area contributed by atoms with Crippen molar-refractivity contribution in [2.75, 3.05) is 13.1 Å². The van der Waals surface area contributed by atoms with E-state index in [9.17, 15) is 27.2 Å². The molecule has 0 saturated carbocycles. The molecule has 5 nitrogen and oxygen atoms in total. The van der Waals surface area contributed by atoms with E-state index in [2.05, 4.69) is 15.6 Å². The molecule has 1 saturated heterocycles. The number of nitrogens with two attached hydrogens (primary N) is 1. The van der Waals surface area contributed by atoms with Crippen LogP contribution in [-0.4, -0.2) is 52.1 Å². The van der Waals surface area contributed by atoms with Crippen LogP contribution >= 0.6 is 0 Å². The minimum absolute atomic E-state index is 0.0330. The lowest BCUT2D eigenvalue weighted by molar-refractivity contribution is -0.132. The van der Waals surface area contributed by atoms with Crippen molar-refractivity contribution < 1.29 is 27.2 Å². The SMILES string of the molecule is NC(CC(=O)N1CCCC1CNC(=O)c1cc([Si])c(F)cc1F)C1CCc2cc(F)c(F)cc21. The van der Waals surface area contributed by atoms with Gasteiger partial charge in [-0.3, -0.25) is 9.59 Å². The molecule has 1 aliphatic heterocycles. The van der Waals surface area contributed by atoms with E-state index < -0.39 is 35.2 Å². The lowest BCUT2D eigenvalue weighted by Crippen LogP contribution is -2.45. The Balaban J connectivity index is 1.36. The number of benzene rings is 2. The summed E-state index contributed by atoms with van der Waals surface area (Å²) in [4.78, 5) is 27.1. The van der Waals surface area contributed by atoms with Gasteiger partial charge in [-0.1, -0.05) is 0 Å². The molecule has 4 rings (SSSR count). The second kappa shape index (κ2) is 9.87. The van der Waals surface area contributed by atoms with Gasteiger partial charge in [0.15, 0.2) is 11.6 Å². The van der Waals surface area contributed by atoms with Crippen molar-refractivity contribution in [3.8, 4) is 0 Å². The molecule has 3 N–H and O–H groups in total. The Hall–Kier alpha value is -2.72. The maximum atomic E-state index is 14.0. The molecule has 2 aliphatic rings. The molecule has 0 aromatic heterocycles. The Labute approximate surface area is 198 Å². The third-order valence-electron chi connectivity index (χ3n) is 6.73. The van der Waals surface area contributed by atoms with Crippen LogP contribution in [0.15, 0.2) is 24.3 Å². The summed E-state index contributed by atoms with van der Waals surface area (Å²) in [6.45, 7) is 0.619. The predicted octanol–water partition coefficient (Wildman–Crippen LogP) is 2.21. The molecular weight excluding hydrogens is 466 g/mol. The lowest BCUT2D eigenvalue weighted by Gasteiger charge is -2.28. The Kier molecular flexibility index (Phi) is 7.08. The van der Waals surface area contributed by atoms with E-state index >= 15 is 0 Å². The maximum absolute atomic E-state index is 14.0. The third-order valence-corrected chi connectivity index (χ3v) is 7.11. The fourth-order valence-corrected chi connectivity index (χ4v) is 5.16. The van der Waals surface area contributed by atoms with Crippen molar-refractivity contribution in [1.29, 1.82) is 0 Å². The van der Waals surface area contributed by atoms with Crippen LogP contribution < -0.4 is 16.2 Å². The Morgan fingerprint density at radius 2 is 1.79 bits per heavy atom. The predicted molar refractivity (Wildman–Crippen MR) is 119 cm³/mol. The van der Waals surface area contributed by atoms with E-state index in [1.54, 1.807) is 4.90 Å². The van der Waals surface area contributed by atoms with Crippen molar-refractivity contribution in [2.45, 2.75) is 50.1 Å². The number of carbonyl (C=O) groups excluding carboxylic acids is 2. The van der Waals surface area contributed by atoms with Gasteiger partial charge in [-0.2, -0.15) is 0 Å². The summed E-state index contributed by atoms with van der Waals surface area (Å²) in [5.74, 6) is -4.74. The van der Waals surface area contributed by atoms with Gasteiger partial charge in [0.2, 0.25) is 5.91 Å².